The van der Waals surface area contributed by atoms with E-state index in [-0.39, 0.29) is 18.3 Å². The molecule has 3 heterocycles. The average Bonchev–Trinajstić information content (AvgIpc) is 3.39. The van der Waals surface area contributed by atoms with Crippen molar-refractivity contribution >= 4 is 17.6 Å². The highest BCUT2D eigenvalue weighted by Crippen LogP contribution is 2.40. The summed E-state index contributed by atoms with van der Waals surface area (Å²) in [6, 6.07) is 4.73. The molecule has 0 bridgehead atoms. The number of nitrogens with zero attached hydrogens (tertiary/aromatic N) is 6. The fourth-order valence-electron chi connectivity index (χ4n) is 3.82. The number of rotatable bonds is 5. The monoisotopic (exact) mass is 441 g/mol. The Morgan fingerprint density at radius 3 is 2.72 bits per heavy atom. The van der Waals surface area contributed by atoms with E-state index in [0.29, 0.717) is 24.4 Å². The summed E-state index contributed by atoms with van der Waals surface area (Å²) in [5, 5.41) is 11.4. The number of fused-ring (bicyclic) bond motifs is 1. The molecule has 1 atom stereocenters. The molecule has 9 nitrogen and oxygen atoms in total. The summed E-state index contributed by atoms with van der Waals surface area (Å²) in [6.45, 7) is 0.619. The molecular formula is C21H21F2N7O2. The molecule has 5 rings (SSSR count). The van der Waals surface area contributed by atoms with E-state index in [1.165, 1.54) is 22.0 Å². The van der Waals surface area contributed by atoms with Gasteiger partial charge in [0.05, 0.1) is 12.2 Å². The third kappa shape index (κ3) is 3.85. The van der Waals surface area contributed by atoms with Crippen LogP contribution in [-0.2, 0) is 17.9 Å². The lowest BCUT2D eigenvalue weighted by Crippen LogP contribution is -2.47. The molecule has 11 heteroatoms. The maximum atomic E-state index is 13.4. The van der Waals surface area contributed by atoms with Gasteiger partial charge in [0.25, 0.3) is 11.8 Å². The van der Waals surface area contributed by atoms with E-state index in [1.807, 2.05) is 10.7 Å². The first-order valence-corrected chi connectivity index (χ1v) is 10.4. The fourth-order valence-corrected chi connectivity index (χ4v) is 3.82. The number of hydrogen-bond acceptors (Lipinski definition) is 5. The highest BCUT2D eigenvalue weighted by atomic mass is 19.2. The Bertz CT molecular complexity index is 1200. The second-order valence-corrected chi connectivity index (χ2v) is 8.15. The van der Waals surface area contributed by atoms with Gasteiger partial charge in [-0.15, -0.1) is 5.10 Å². The highest BCUT2D eigenvalue weighted by Gasteiger charge is 2.34. The maximum Gasteiger partial charge on any atom is 0.291 e. The minimum absolute atomic E-state index is 0.110. The highest BCUT2D eigenvalue weighted by molar-refractivity contribution is 6.00. The third-order valence-electron chi connectivity index (χ3n) is 5.75. The Morgan fingerprint density at radius 2 is 1.97 bits per heavy atom. The number of carbonyl (C=O) groups excluding carboxylic acids is 2. The minimum atomic E-state index is -0.958. The summed E-state index contributed by atoms with van der Waals surface area (Å²) in [4.78, 5) is 31.1. The van der Waals surface area contributed by atoms with Crippen molar-refractivity contribution in [3.63, 3.8) is 0 Å². The van der Waals surface area contributed by atoms with Crippen molar-refractivity contribution < 1.29 is 18.4 Å². The lowest BCUT2D eigenvalue weighted by molar-refractivity contribution is -0.120. The van der Waals surface area contributed by atoms with Crippen molar-refractivity contribution in [2.24, 2.45) is 0 Å². The molecule has 1 unspecified atom stereocenters. The van der Waals surface area contributed by atoms with Crippen molar-refractivity contribution in [3.8, 4) is 0 Å². The molecule has 1 N–H and O–H groups in total. The van der Waals surface area contributed by atoms with Gasteiger partial charge in [-0.3, -0.25) is 14.5 Å². The first-order valence-electron chi connectivity index (χ1n) is 10.4. The smallest absolute Gasteiger partial charge is 0.291 e. The topological polar surface area (TPSA) is 97.9 Å². The number of nitrogens with one attached hydrogen (secondary N) is 1. The molecule has 1 aliphatic heterocycles. The Morgan fingerprint density at radius 1 is 1.16 bits per heavy atom. The van der Waals surface area contributed by atoms with Gasteiger partial charge in [0.15, 0.2) is 11.6 Å². The SMILES string of the molecule is CN1C(=O)C(NC(=O)c2ncn(Cc3ccc(F)c(F)c3)n2)CCn2nc(C3CC3)cc21. The molecule has 1 aromatic carbocycles. The van der Waals surface area contributed by atoms with Gasteiger partial charge in [-0.05, 0) is 37.0 Å². The number of likely N-dealkylation sites (N-methyl/N-ethyl adjacent to an activating group) is 1. The molecule has 1 aliphatic carbocycles. The fraction of sp³-hybridized carbons (Fsp3) is 0.381. The molecule has 2 aromatic heterocycles. The van der Waals surface area contributed by atoms with Gasteiger partial charge in [-0.2, -0.15) is 5.10 Å². The molecule has 1 saturated carbocycles. The van der Waals surface area contributed by atoms with Crippen LogP contribution in [0.1, 0.15) is 47.1 Å². The molecule has 166 valence electrons. The molecule has 0 radical (unpaired) electrons. The zero-order valence-corrected chi connectivity index (χ0v) is 17.3. The van der Waals surface area contributed by atoms with Gasteiger partial charge >= 0.3 is 0 Å². The molecule has 0 saturated heterocycles. The van der Waals surface area contributed by atoms with Crippen LogP contribution in [0.5, 0.6) is 0 Å². The Kier molecular flexibility index (Phi) is 4.95. The van der Waals surface area contributed by atoms with Crippen LogP contribution in [0.2, 0.25) is 0 Å². The second-order valence-electron chi connectivity index (χ2n) is 8.15. The summed E-state index contributed by atoms with van der Waals surface area (Å²) in [7, 11) is 1.67. The van der Waals surface area contributed by atoms with Crippen molar-refractivity contribution in [2.45, 2.75) is 44.3 Å². The molecule has 3 aromatic rings. The number of amides is 2. The van der Waals surface area contributed by atoms with Crippen molar-refractivity contribution in [2.75, 3.05) is 11.9 Å². The van der Waals surface area contributed by atoms with Crippen LogP contribution in [-0.4, -0.2) is 49.4 Å². The average molecular weight is 441 g/mol. The van der Waals surface area contributed by atoms with E-state index in [2.05, 4.69) is 20.5 Å². The molecule has 1 fully saturated rings. The van der Waals surface area contributed by atoms with Gasteiger partial charge in [-0.25, -0.2) is 23.1 Å². The number of aryl methyl sites for hydroxylation is 1. The van der Waals surface area contributed by atoms with E-state index in [0.717, 1.165) is 36.5 Å². The zero-order valence-electron chi connectivity index (χ0n) is 17.3. The standard InChI is InChI=1S/C21H21F2N7O2/c1-28-18-9-17(13-3-4-13)26-30(18)7-6-16(21(28)32)25-20(31)19-24-11-29(27-19)10-12-2-5-14(22)15(23)8-12/h2,5,8-9,11,13,16H,3-4,6-7,10H2,1H3,(H,25,31). The lowest BCUT2D eigenvalue weighted by atomic mass is 10.2. The molecule has 2 aliphatic rings. The maximum absolute atomic E-state index is 13.4. The van der Waals surface area contributed by atoms with Gasteiger partial charge in [0.1, 0.15) is 18.2 Å². The number of anilines is 1. The van der Waals surface area contributed by atoms with Gasteiger partial charge < -0.3 is 5.32 Å². The van der Waals surface area contributed by atoms with E-state index < -0.39 is 23.6 Å². The van der Waals surface area contributed by atoms with Crippen LogP contribution < -0.4 is 10.2 Å². The van der Waals surface area contributed by atoms with Gasteiger partial charge in [0, 0.05) is 25.6 Å². The Labute approximate surface area is 182 Å². The molecule has 0 spiro atoms. The van der Waals surface area contributed by atoms with Gasteiger partial charge in [0.2, 0.25) is 5.82 Å². The van der Waals surface area contributed by atoms with Crippen LogP contribution in [0, 0.1) is 11.6 Å². The van der Waals surface area contributed by atoms with Crippen LogP contribution in [0.4, 0.5) is 14.6 Å². The van der Waals surface area contributed by atoms with Crippen molar-refractivity contribution in [1.82, 2.24) is 29.9 Å². The summed E-state index contributed by atoms with van der Waals surface area (Å²) in [6.07, 6.45) is 3.97. The molecular weight excluding hydrogens is 420 g/mol. The van der Waals surface area contributed by atoms with E-state index in [1.54, 1.807) is 7.05 Å². The first kappa shape index (κ1) is 20.3. The van der Waals surface area contributed by atoms with Gasteiger partial charge in [-0.1, -0.05) is 6.07 Å². The quantitative estimate of drug-likeness (QED) is 0.652. The summed E-state index contributed by atoms with van der Waals surface area (Å²) in [5.41, 5.74) is 1.49. The summed E-state index contributed by atoms with van der Waals surface area (Å²) >= 11 is 0. The predicted molar refractivity (Wildman–Crippen MR) is 109 cm³/mol. The van der Waals surface area contributed by atoms with Crippen LogP contribution >= 0.6 is 0 Å². The molecule has 32 heavy (non-hydrogen) atoms. The Balaban J connectivity index is 1.25. The number of carbonyl (C=O) groups is 2. The van der Waals surface area contributed by atoms with Crippen molar-refractivity contribution in [1.29, 1.82) is 0 Å². The number of hydrogen-bond donors (Lipinski definition) is 1. The lowest BCUT2D eigenvalue weighted by Gasteiger charge is -2.19. The Hall–Kier alpha value is -3.63. The predicted octanol–water partition coefficient (Wildman–Crippen LogP) is 1.84. The van der Waals surface area contributed by atoms with Crippen LogP contribution in [0.15, 0.2) is 30.6 Å². The zero-order chi connectivity index (χ0) is 22.4. The van der Waals surface area contributed by atoms with E-state index in [9.17, 15) is 18.4 Å². The number of halogens is 2. The third-order valence-corrected chi connectivity index (χ3v) is 5.75. The minimum Gasteiger partial charge on any atom is -0.337 e. The van der Waals surface area contributed by atoms with E-state index in [4.69, 9.17) is 0 Å². The number of aromatic nitrogens is 5. The van der Waals surface area contributed by atoms with Crippen molar-refractivity contribution in [3.05, 3.63) is 59.3 Å². The summed E-state index contributed by atoms with van der Waals surface area (Å²) in [5.74, 6) is -1.61. The first-order chi connectivity index (χ1) is 15.4. The van der Waals surface area contributed by atoms with E-state index >= 15 is 0 Å². The largest absolute Gasteiger partial charge is 0.337 e. The number of benzene rings is 1. The summed E-state index contributed by atoms with van der Waals surface area (Å²) < 4.78 is 29.6. The normalized spacial score (nSPS) is 18.4. The van der Waals surface area contributed by atoms with Crippen LogP contribution in [0.25, 0.3) is 0 Å². The molecule has 2 amide bonds. The second kappa shape index (κ2) is 7.81. The van der Waals surface area contributed by atoms with Crippen LogP contribution in [0.3, 0.4) is 0 Å².